The Balaban J connectivity index is -0.000000285. The van der Waals surface area contributed by atoms with Gasteiger partial charge in [-0.1, -0.05) is 157 Å². The van der Waals surface area contributed by atoms with Crippen LogP contribution in [0.3, 0.4) is 0 Å². The van der Waals surface area contributed by atoms with Gasteiger partial charge in [-0.15, -0.1) is 0 Å². The van der Waals surface area contributed by atoms with Crippen molar-refractivity contribution in [3.63, 3.8) is 0 Å². The zero-order chi connectivity index (χ0) is 34.7. The zero-order valence-corrected chi connectivity index (χ0v) is 35.4. The molecule has 0 saturated heterocycles. The van der Waals surface area contributed by atoms with E-state index in [0.717, 1.165) is 116 Å². The minimum absolute atomic E-state index is 0. The van der Waals surface area contributed by atoms with Crippen LogP contribution in [-0.2, 0) is 13.7 Å². The Morgan fingerprint density at radius 3 is 0.522 bits per heavy atom. The average molecular weight is 727 g/mol. The molecule has 0 aliphatic heterocycles. The molecule has 6 nitrogen and oxygen atoms in total. The van der Waals surface area contributed by atoms with E-state index in [9.17, 15) is 28.4 Å². The Morgan fingerprint density at radius 1 is 0.283 bits per heavy atom. The molecule has 0 saturated carbocycles. The first kappa shape index (κ1) is 53.9. The van der Waals surface area contributed by atoms with Crippen molar-refractivity contribution in [3.8, 4) is 0 Å². The van der Waals surface area contributed by atoms with Gasteiger partial charge in [0, 0.05) is 22.1 Å². The van der Waals surface area contributed by atoms with E-state index in [2.05, 4.69) is 41.5 Å². The predicted molar refractivity (Wildman–Crippen MR) is 203 cm³/mol. The summed E-state index contributed by atoms with van der Waals surface area (Å²) in [6.45, 7) is 12.8. The first-order chi connectivity index (χ1) is 21.4. The molecule has 0 spiro atoms. The van der Waals surface area contributed by atoms with Gasteiger partial charge in [0.2, 0.25) is 0 Å². The molecule has 0 aliphatic rings. The van der Waals surface area contributed by atoms with Crippen LogP contribution in [0.2, 0.25) is 0 Å². The van der Waals surface area contributed by atoms with Crippen LogP contribution in [0, 0.1) is 0 Å². The fourth-order valence-electron chi connectivity index (χ4n) is 5.01. The molecule has 0 aromatic heterocycles. The monoisotopic (exact) mass is 726 g/mol. The van der Waals surface area contributed by atoms with Gasteiger partial charge >= 0.3 is 17.4 Å². The Morgan fingerprint density at radius 2 is 0.413 bits per heavy atom. The van der Waals surface area contributed by atoms with Crippen molar-refractivity contribution in [1.82, 2.24) is 0 Å². The van der Waals surface area contributed by atoms with E-state index in [1.165, 1.54) is 38.5 Å². The maximum atomic E-state index is 11.6. The molecular weight excluding hydrogens is 648 g/mol. The van der Waals surface area contributed by atoms with Crippen LogP contribution >= 0.6 is 22.1 Å². The van der Waals surface area contributed by atoms with Crippen molar-refractivity contribution >= 4 is 39.5 Å². The molecule has 0 heterocycles. The topological polar surface area (TPSA) is 120 Å². The quantitative estimate of drug-likeness (QED) is 0.0413. The molecule has 46 heavy (non-hydrogen) atoms. The minimum atomic E-state index is -3.02. The average Bonchev–Trinajstić information content (AvgIpc) is 2.99. The largest absolute Gasteiger partial charge is 3.00 e. The standard InChI is InChI=1S/3C12H27O2P.Al/c3*1-3-5-7-9-11-15(13,14)12-10-8-6-4-2;/h3*3-12H2,1-2H3,(H,13,14);/q;;;+3/p-3. The maximum absolute atomic E-state index is 11.6. The minimum Gasteiger partial charge on any atom is -0.799 e. The number of hydrogen-bond donors (Lipinski definition) is 0. The molecule has 0 unspecified atom stereocenters. The van der Waals surface area contributed by atoms with Crippen LogP contribution in [0.25, 0.3) is 0 Å². The Labute approximate surface area is 299 Å². The molecule has 276 valence electrons. The molecule has 0 aliphatic carbocycles. The van der Waals surface area contributed by atoms with Gasteiger partial charge in [0.1, 0.15) is 0 Å². The van der Waals surface area contributed by atoms with E-state index in [0.29, 0.717) is 37.0 Å². The van der Waals surface area contributed by atoms with Crippen molar-refractivity contribution in [2.24, 2.45) is 0 Å². The molecule has 10 heteroatoms. The van der Waals surface area contributed by atoms with Gasteiger partial charge in [-0.2, -0.15) is 0 Å². The van der Waals surface area contributed by atoms with Gasteiger partial charge in [-0.25, -0.2) is 0 Å². The summed E-state index contributed by atoms with van der Waals surface area (Å²) in [6, 6.07) is 0. The summed E-state index contributed by atoms with van der Waals surface area (Å²) in [5, 5.41) is 0. The first-order valence-corrected chi connectivity index (χ1v) is 25.2. The third-order valence-corrected chi connectivity index (χ3v) is 14.1. The van der Waals surface area contributed by atoms with Crippen molar-refractivity contribution in [1.29, 1.82) is 0 Å². The van der Waals surface area contributed by atoms with Crippen molar-refractivity contribution in [3.05, 3.63) is 0 Å². The van der Waals surface area contributed by atoms with Gasteiger partial charge in [0.25, 0.3) is 0 Å². The summed E-state index contributed by atoms with van der Waals surface area (Å²) in [5.41, 5.74) is 0. The molecule has 0 fully saturated rings. The van der Waals surface area contributed by atoms with E-state index < -0.39 is 22.1 Å². The number of rotatable bonds is 30. The van der Waals surface area contributed by atoms with Crippen molar-refractivity contribution in [2.45, 2.75) is 196 Å². The zero-order valence-electron chi connectivity index (χ0n) is 31.6. The summed E-state index contributed by atoms with van der Waals surface area (Å²) in [4.78, 5) is 34.8. The summed E-state index contributed by atoms with van der Waals surface area (Å²) < 4.78 is 34.8. The van der Waals surface area contributed by atoms with Gasteiger partial charge in [0.05, 0.1) is 0 Å². The normalized spacial score (nSPS) is 11.7. The van der Waals surface area contributed by atoms with E-state index in [1.54, 1.807) is 0 Å². The molecule has 0 bridgehead atoms. The molecule has 0 aromatic carbocycles. The molecule has 0 rings (SSSR count). The molecule has 0 radical (unpaired) electrons. The van der Waals surface area contributed by atoms with Crippen LogP contribution in [0.5, 0.6) is 0 Å². The molecular formula is C36H78AlO6P3. The summed E-state index contributed by atoms with van der Waals surface area (Å²) >= 11 is 0. The third kappa shape index (κ3) is 47.2. The van der Waals surface area contributed by atoms with E-state index in [-0.39, 0.29) is 17.4 Å². The van der Waals surface area contributed by atoms with Gasteiger partial charge in [0.15, 0.2) is 0 Å². The van der Waals surface area contributed by atoms with Crippen LogP contribution in [0.1, 0.15) is 196 Å². The Hall–Kier alpha value is 1.10. The van der Waals surface area contributed by atoms with Crippen LogP contribution in [0.4, 0.5) is 0 Å². The first-order valence-electron chi connectivity index (χ1n) is 19.2. The van der Waals surface area contributed by atoms with Gasteiger partial charge in [-0.3, -0.25) is 0 Å². The second kappa shape index (κ2) is 38.9. The fourth-order valence-corrected chi connectivity index (χ4v) is 9.92. The van der Waals surface area contributed by atoms with Gasteiger partial charge < -0.3 is 28.4 Å². The molecule has 0 amide bonds. The molecule has 0 atom stereocenters. The van der Waals surface area contributed by atoms with Crippen molar-refractivity contribution in [2.75, 3.05) is 37.0 Å². The second-order valence-electron chi connectivity index (χ2n) is 13.1. The van der Waals surface area contributed by atoms with Crippen LogP contribution in [-0.4, -0.2) is 54.3 Å². The van der Waals surface area contributed by atoms with E-state index in [4.69, 9.17) is 0 Å². The van der Waals surface area contributed by atoms with E-state index in [1.807, 2.05) is 0 Å². The smallest absolute Gasteiger partial charge is 0.799 e. The molecule has 0 N–H and O–H groups in total. The van der Waals surface area contributed by atoms with E-state index >= 15 is 0 Å². The van der Waals surface area contributed by atoms with Crippen LogP contribution < -0.4 is 14.7 Å². The second-order valence-corrected chi connectivity index (χ2v) is 20.7. The van der Waals surface area contributed by atoms with Crippen molar-refractivity contribution < 1.29 is 28.4 Å². The number of unbranched alkanes of at least 4 members (excludes halogenated alkanes) is 18. The molecule has 0 aromatic rings. The summed E-state index contributed by atoms with van der Waals surface area (Å²) in [7, 11) is -9.07. The van der Waals surface area contributed by atoms with Crippen LogP contribution in [0.15, 0.2) is 0 Å². The summed E-state index contributed by atoms with van der Waals surface area (Å²) in [5.74, 6) is 0. The third-order valence-electron chi connectivity index (χ3n) is 8.11. The SMILES string of the molecule is CCCCCCP(=O)([O-])CCCCCC.CCCCCCP(=O)([O-])CCCCCC.CCCCCCP(=O)([O-])CCCCCC.[Al+3]. The Bertz CT molecular complexity index is 595. The Kier molecular flexibility index (Phi) is 45.6. The predicted octanol–water partition coefficient (Wildman–Crippen LogP) is 11.0. The fraction of sp³-hybridized carbons (Fsp3) is 1.00. The summed E-state index contributed by atoms with van der Waals surface area (Å²) in [6.07, 6.45) is 28.1. The number of hydrogen-bond acceptors (Lipinski definition) is 6. The maximum Gasteiger partial charge on any atom is 3.00 e. The van der Waals surface area contributed by atoms with Gasteiger partial charge in [-0.05, 0) is 75.5 Å².